The highest BCUT2D eigenvalue weighted by molar-refractivity contribution is 6.27. The van der Waals surface area contributed by atoms with E-state index in [9.17, 15) is 9.59 Å². The van der Waals surface area contributed by atoms with E-state index in [2.05, 4.69) is 13.8 Å². The van der Waals surface area contributed by atoms with Gasteiger partial charge in [0.05, 0.1) is 11.8 Å². The Morgan fingerprint density at radius 3 is 2.38 bits per heavy atom. The van der Waals surface area contributed by atoms with Crippen LogP contribution < -0.4 is 0 Å². The standard InChI is InChI=1S/C11H18O4.Al/c1-6(2)7-3-4-8(10(12)13)9(5-7)11(14)15;/h6-9H,3-5H2,1-2H3,(H,12,13)(H,14,15);/q;+2/p-2. The summed E-state index contributed by atoms with van der Waals surface area (Å²) in [5, 5.41) is 0. The van der Waals surface area contributed by atoms with E-state index in [1.807, 2.05) is 0 Å². The van der Waals surface area contributed by atoms with Gasteiger partial charge in [0.25, 0.3) is 11.9 Å². The van der Waals surface area contributed by atoms with Gasteiger partial charge in [-0.2, -0.15) is 0 Å². The molecule has 5 heteroatoms. The van der Waals surface area contributed by atoms with Crippen LogP contribution in [0.1, 0.15) is 33.1 Å². The Morgan fingerprint density at radius 2 is 1.75 bits per heavy atom. The van der Waals surface area contributed by atoms with Crippen molar-refractivity contribution < 1.29 is 17.2 Å². The van der Waals surface area contributed by atoms with Gasteiger partial charge in [-0.05, 0) is 31.1 Å². The molecule has 87 valence electrons. The molecule has 0 N–H and O–H groups in total. The van der Waals surface area contributed by atoms with Crippen molar-refractivity contribution >= 4 is 27.8 Å². The quantitative estimate of drug-likeness (QED) is 0.647. The molecular weight excluding hydrogens is 223 g/mol. The second-order valence-corrected chi connectivity index (χ2v) is 5.66. The second kappa shape index (κ2) is 4.77. The van der Waals surface area contributed by atoms with Crippen LogP contribution in [0.25, 0.3) is 0 Å². The summed E-state index contributed by atoms with van der Waals surface area (Å²) in [6.07, 6.45) is 2.55. The van der Waals surface area contributed by atoms with Crippen molar-refractivity contribution in [3.8, 4) is 0 Å². The minimum absolute atomic E-state index is 0.226. The largest absolute Gasteiger partial charge is 0.885 e. The highest BCUT2D eigenvalue weighted by Gasteiger charge is 2.43. The fourth-order valence-electron chi connectivity index (χ4n) is 2.64. The Bertz CT molecular complexity index is 302. The molecule has 0 aromatic carbocycles. The summed E-state index contributed by atoms with van der Waals surface area (Å²) >= 11 is -0.931. The van der Waals surface area contributed by atoms with Gasteiger partial charge in [0.2, 0.25) is 0 Å². The maximum Gasteiger partial charge on any atom is 0.885 e. The van der Waals surface area contributed by atoms with Gasteiger partial charge in [-0.15, -0.1) is 0 Å². The average molecular weight is 239 g/mol. The predicted octanol–water partition coefficient (Wildman–Crippen LogP) is 1.31. The first-order chi connectivity index (χ1) is 7.59. The fraction of sp³-hybridized carbons (Fsp3) is 0.818. The normalized spacial score (nSPS) is 34.6. The van der Waals surface area contributed by atoms with Crippen molar-refractivity contribution in [2.24, 2.45) is 23.7 Å². The van der Waals surface area contributed by atoms with Crippen molar-refractivity contribution in [3.05, 3.63) is 0 Å². The zero-order valence-electron chi connectivity index (χ0n) is 9.64. The van der Waals surface area contributed by atoms with Crippen LogP contribution in [0.15, 0.2) is 0 Å². The number of fused-ring (bicyclic) bond motifs is 1. The van der Waals surface area contributed by atoms with Gasteiger partial charge in [-0.1, -0.05) is 13.8 Å². The zero-order chi connectivity index (χ0) is 11.7. The molecule has 0 aromatic rings. The Kier molecular flexibility index (Phi) is 3.56. The van der Waals surface area contributed by atoms with Crippen LogP contribution in [0.3, 0.4) is 0 Å². The van der Waals surface area contributed by atoms with Crippen molar-refractivity contribution in [1.82, 2.24) is 0 Å². The third-order valence-corrected chi connectivity index (χ3v) is 4.42. The zero-order valence-corrected chi connectivity index (χ0v) is 10.8. The third kappa shape index (κ3) is 2.26. The summed E-state index contributed by atoms with van der Waals surface area (Å²) < 4.78 is 9.91. The molecule has 3 unspecified atom stereocenters. The van der Waals surface area contributed by atoms with Gasteiger partial charge >= 0.3 is 15.9 Å². The van der Waals surface area contributed by atoms with Crippen molar-refractivity contribution in [2.45, 2.75) is 33.1 Å². The molecule has 2 aliphatic rings. The summed E-state index contributed by atoms with van der Waals surface area (Å²) in [6.45, 7) is 4.33. The van der Waals surface area contributed by atoms with Crippen LogP contribution in [0.2, 0.25) is 0 Å². The topological polar surface area (TPSA) is 52.6 Å². The van der Waals surface area contributed by atoms with E-state index in [0.717, 1.165) is 19.3 Å². The van der Waals surface area contributed by atoms with Gasteiger partial charge in [0.1, 0.15) is 0 Å². The molecule has 0 bridgehead atoms. The lowest BCUT2D eigenvalue weighted by Gasteiger charge is -2.34. The van der Waals surface area contributed by atoms with Crippen LogP contribution in [0.4, 0.5) is 0 Å². The number of hydrogen-bond acceptors (Lipinski definition) is 4. The molecule has 0 spiro atoms. The highest BCUT2D eigenvalue weighted by atomic mass is 27.2. The maximum atomic E-state index is 11.7. The molecule has 3 atom stereocenters. The first-order valence-corrected chi connectivity index (χ1v) is 6.76. The molecule has 1 saturated heterocycles. The molecule has 16 heavy (non-hydrogen) atoms. The van der Waals surface area contributed by atoms with Crippen molar-refractivity contribution in [2.75, 3.05) is 0 Å². The molecule has 1 radical (unpaired) electrons. The highest BCUT2D eigenvalue weighted by Crippen LogP contribution is 2.39. The summed E-state index contributed by atoms with van der Waals surface area (Å²) in [5.41, 5.74) is 0. The van der Waals surface area contributed by atoms with E-state index in [1.165, 1.54) is 0 Å². The molecule has 1 aliphatic carbocycles. The monoisotopic (exact) mass is 239 g/mol. The Hall–Kier alpha value is -0.528. The van der Waals surface area contributed by atoms with Crippen LogP contribution in [0.5, 0.6) is 0 Å². The maximum absolute atomic E-state index is 11.7. The van der Waals surface area contributed by atoms with Crippen LogP contribution >= 0.6 is 0 Å². The smallest absolute Gasteiger partial charge is 0.589 e. The van der Waals surface area contributed by atoms with E-state index < -0.39 is 15.9 Å². The van der Waals surface area contributed by atoms with Gasteiger partial charge in [0.15, 0.2) is 0 Å². The number of hydrogen-bond donors (Lipinski definition) is 0. The SMILES string of the molecule is CC(C)C1CCC2C(=O)[O][Al][O]C(=O)C2C1. The number of carbonyl (C=O) groups is 2. The number of carbonyl (C=O) groups excluding carboxylic acids is 2. The van der Waals surface area contributed by atoms with Gasteiger partial charge in [-0.25, -0.2) is 0 Å². The first-order valence-electron chi connectivity index (χ1n) is 5.82. The lowest BCUT2D eigenvalue weighted by atomic mass is 9.70. The molecular formula is C11H16AlO4. The van der Waals surface area contributed by atoms with E-state index in [1.54, 1.807) is 0 Å². The fourth-order valence-corrected chi connectivity index (χ4v) is 3.23. The summed E-state index contributed by atoms with van der Waals surface area (Å²) in [5.74, 6) is 0.112. The Balaban J connectivity index is 2.13. The van der Waals surface area contributed by atoms with Gasteiger partial charge in [-0.3, -0.25) is 9.59 Å². The lowest BCUT2D eigenvalue weighted by molar-refractivity contribution is -0.148. The minimum Gasteiger partial charge on any atom is -0.589 e. The Morgan fingerprint density at radius 1 is 1.12 bits per heavy atom. The van der Waals surface area contributed by atoms with E-state index in [0.29, 0.717) is 11.8 Å². The molecule has 1 heterocycles. The van der Waals surface area contributed by atoms with Gasteiger partial charge in [0, 0.05) is 0 Å². The van der Waals surface area contributed by atoms with E-state index in [-0.39, 0.29) is 23.8 Å². The second-order valence-electron chi connectivity index (χ2n) is 5.00. The molecule has 1 aliphatic heterocycles. The molecule has 2 rings (SSSR count). The minimum atomic E-state index is -0.931. The van der Waals surface area contributed by atoms with E-state index >= 15 is 0 Å². The molecule has 0 aromatic heterocycles. The molecule has 4 nitrogen and oxygen atoms in total. The van der Waals surface area contributed by atoms with Gasteiger partial charge < -0.3 is 7.58 Å². The summed E-state index contributed by atoms with van der Waals surface area (Å²) in [6, 6.07) is 0. The third-order valence-electron chi connectivity index (χ3n) is 3.77. The molecule has 2 fully saturated rings. The average Bonchev–Trinajstić information content (AvgIpc) is 2.40. The van der Waals surface area contributed by atoms with Crippen molar-refractivity contribution in [3.63, 3.8) is 0 Å². The molecule has 0 amide bonds. The summed E-state index contributed by atoms with van der Waals surface area (Å²) in [7, 11) is 0. The van der Waals surface area contributed by atoms with E-state index in [4.69, 9.17) is 7.58 Å². The van der Waals surface area contributed by atoms with Crippen LogP contribution in [-0.4, -0.2) is 27.8 Å². The lowest BCUT2D eigenvalue weighted by Crippen LogP contribution is -2.35. The summed E-state index contributed by atoms with van der Waals surface area (Å²) in [4.78, 5) is 23.4. The van der Waals surface area contributed by atoms with Crippen LogP contribution in [0, 0.1) is 23.7 Å². The number of rotatable bonds is 1. The predicted molar refractivity (Wildman–Crippen MR) is 57.1 cm³/mol. The Labute approximate surface area is 102 Å². The molecule has 1 saturated carbocycles. The van der Waals surface area contributed by atoms with Crippen LogP contribution in [-0.2, 0) is 17.2 Å². The first kappa shape index (κ1) is 11.9. The van der Waals surface area contributed by atoms with Crippen molar-refractivity contribution in [1.29, 1.82) is 0 Å².